The average molecular weight is 289 g/mol. The van der Waals surface area contributed by atoms with Crippen molar-refractivity contribution < 1.29 is 0 Å². The summed E-state index contributed by atoms with van der Waals surface area (Å²) in [6.45, 7) is 3.04. The number of thiophene rings is 1. The Bertz CT molecular complexity index is 700. The lowest BCUT2D eigenvalue weighted by molar-refractivity contribution is 0.815. The molecule has 1 N–H and O–H groups in total. The van der Waals surface area contributed by atoms with Gasteiger partial charge in [-0.1, -0.05) is 6.92 Å². The van der Waals surface area contributed by atoms with Crippen LogP contribution in [0.25, 0.3) is 20.8 Å². The average Bonchev–Trinajstić information content (AvgIpc) is 3.04. The summed E-state index contributed by atoms with van der Waals surface area (Å²) in [5.41, 5.74) is 3.38. The molecule has 0 radical (unpaired) electrons. The number of aryl methyl sites for hydroxylation is 1. The number of rotatable bonds is 4. The molecule has 5 heteroatoms. The lowest BCUT2D eigenvalue weighted by Crippen LogP contribution is -2.05. The Kier molecular flexibility index (Phi) is 3.59. The summed E-state index contributed by atoms with van der Waals surface area (Å²) in [7, 11) is 1.97. The van der Waals surface area contributed by atoms with Crippen molar-refractivity contribution in [1.82, 2.24) is 15.3 Å². The second-order valence-corrected chi connectivity index (χ2v) is 6.33. The van der Waals surface area contributed by atoms with Gasteiger partial charge in [-0.2, -0.15) is 0 Å². The van der Waals surface area contributed by atoms with Gasteiger partial charge in [0.1, 0.15) is 5.01 Å². The van der Waals surface area contributed by atoms with Gasteiger partial charge in [-0.05, 0) is 31.0 Å². The molecule has 0 fully saturated rings. The van der Waals surface area contributed by atoms with Crippen LogP contribution in [0.3, 0.4) is 0 Å². The highest BCUT2D eigenvalue weighted by Crippen LogP contribution is 2.31. The lowest BCUT2D eigenvalue weighted by atomic mass is 10.2. The van der Waals surface area contributed by atoms with Crippen molar-refractivity contribution in [2.45, 2.75) is 19.9 Å². The van der Waals surface area contributed by atoms with Crippen LogP contribution in [-0.2, 0) is 13.0 Å². The number of aromatic nitrogens is 2. The van der Waals surface area contributed by atoms with Crippen molar-refractivity contribution >= 4 is 32.9 Å². The van der Waals surface area contributed by atoms with Crippen molar-refractivity contribution in [3.05, 3.63) is 34.3 Å². The van der Waals surface area contributed by atoms with Gasteiger partial charge in [0, 0.05) is 23.2 Å². The molecule has 3 rings (SSSR count). The molecule has 3 aromatic heterocycles. The summed E-state index contributed by atoms with van der Waals surface area (Å²) in [6, 6.07) is 4.24. The zero-order valence-corrected chi connectivity index (χ0v) is 12.6. The fourth-order valence-corrected chi connectivity index (χ4v) is 3.97. The van der Waals surface area contributed by atoms with E-state index in [1.807, 2.05) is 13.2 Å². The summed E-state index contributed by atoms with van der Waals surface area (Å²) >= 11 is 3.49. The highest BCUT2D eigenvalue weighted by Gasteiger charge is 2.11. The highest BCUT2D eigenvalue weighted by molar-refractivity contribution is 7.17. The van der Waals surface area contributed by atoms with E-state index in [0.717, 1.165) is 29.1 Å². The Morgan fingerprint density at radius 3 is 3.05 bits per heavy atom. The van der Waals surface area contributed by atoms with Crippen LogP contribution in [0.4, 0.5) is 0 Å². The maximum Gasteiger partial charge on any atom is 0.125 e. The van der Waals surface area contributed by atoms with Gasteiger partial charge in [-0.25, -0.2) is 4.98 Å². The zero-order chi connectivity index (χ0) is 13.2. The minimum absolute atomic E-state index is 0.884. The van der Waals surface area contributed by atoms with E-state index in [0.29, 0.717) is 0 Å². The fourth-order valence-electron chi connectivity index (χ4n) is 2.05. The molecular weight excluding hydrogens is 274 g/mol. The number of pyridine rings is 1. The Balaban J connectivity index is 2.04. The van der Waals surface area contributed by atoms with Crippen molar-refractivity contribution in [3.63, 3.8) is 0 Å². The number of nitrogens with zero attached hydrogens (tertiary/aromatic N) is 2. The van der Waals surface area contributed by atoms with Gasteiger partial charge in [0.2, 0.25) is 0 Å². The molecule has 0 aliphatic rings. The second kappa shape index (κ2) is 5.36. The molecule has 0 aliphatic heterocycles. The van der Waals surface area contributed by atoms with Gasteiger partial charge in [-0.15, -0.1) is 22.7 Å². The first-order chi connectivity index (χ1) is 9.31. The van der Waals surface area contributed by atoms with Crippen LogP contribution < -0.4 is 5.32 Å². The van der Waals surface area contributed by atoms with Crippen molar-refractivity contribution in [2.24, 2.45) is 0 Å². The van der Waals surface area contributed by atoms with Gasteiger partial charge < -0.3 is 5.32 Å². The first-order valence-corrected chi connectivity index (χ1v) is 7.98. The van der Waals surface area contributed by atoms with Crippen molar-refractivity contribution in [3.8, 4) is 10.6 Å². The molecule has 3 heterocycles. The zero-order valence-electron chi connectivity index (χ0n) is 10.9. The standard InChI is InChI=1S/C14H15N3S2/c1-3-10-13(8-15-2)19-14(17-10)9-6-12-11(16-7-9)4-5-18-12/h4-7,15H,3,8H2,1-2H3. The topological polar surface area (TPSA) is 37.8 Å². The normalized spacial score (nSPS) is 11.3. The second-order valence-electron chi connectivity index (χ2n) is 4.30. The van der Waals surface area contributed by atoms with Crippen LogP contribution in [-0.4, -0.2) is 17.0 Å². The van der Waals surface area contributed by atoms with E-state index in [9.17, 15) is 0 Å². The quantitative estimate of drug-likeness (QED) is 0.796. The predicted molar refractivity (Wildman–Crippen MR) is 82.9 cm³/mol. The molecule has 0 saturated carbocycles. The van der Waals surface area contributed by atoms with Gasteiger partial charge in [-0.3, -0.25) is 4.98 Å². The van der Waals surface area contributed by atoms with E-state index >= 15 is 0 Å². The Morgan fingerprint density at radius 2 is 2.26 bits per heavy atom. The summed E-state index contributed by atoms with van der Waals surface area (Å²) in [5, 5.41) is 6.36. The minimum Gasteiger partial charge on any atom is -0.315 e. The molecule has 0 aromatic carbocycles. The van der Waals surface area contributed by atoms with Crippen LogP contribution in [0.2, 0.25) is 0 Å². The van der Waals surface area contributed by atoms with E-state index in [4.69, 9.17) is 4.98 Å². The maximum atomic E-state index is 4.75. The summed E-state index contributed by atoms with van der Waals surface area (Å²) < 4.78 is 1.22. The SMILES string of the molecule is CCc1nc(-c2cnc3ccsc3c2)sc1CNC. The lowest BCUT2D eigenvalue weighted by Gasteiger charge is -1.96. The highest BCUT2D eigenvalue weighted by atomic mass is 32.1. The molecule has 19 heavy (non-hydrogen) atoms. The molecular formula is C14H15N3S2. The van der Waals surface area contributed by atoms with E-state index in [1.54, 1.807) is 22.7 Å². The van der Waals surface area contributed by atoms with Crippen LogP contribution in [0.5, 0.6) is 0 Å². The monoisotopic (exact) mass is 289 g/mol. The number of fused-ring (bicyclic) bond motifs is 1. The van der Waals surface area contributed by atoms with E-state index in [1.165, 1.54) is 15.3 Å². The molecule has 0 amide bonds. The molecule has 98 valence electrons. The van der Waals surface area contributed by atoms with Gasteiger partial charge >= 0.3 is 0 Å². The van der Waals surface area contributed by atoms with Crippen molar-refractivity contribution in [1.29, 1.82) is 0 Å². The summed E-state index contributed by atoms with van der Waals surface area (Å²) in [6.07, 6.45) is 2.90. The number of thiazole rings is 1. The van der Waals surface area contributed by atoms with Crippen LogP contribution in [0.1, 0.15) is 17.5 Å². The fraction of sp³-hybridized carbons (Fsp3) is 0.286. The molecule has 0 bridgehead atoms. The smallest absolute Gasteiger partial charge is 0.125 e. The Hall–Kier alpha value is -1.30. The molecule has 0 atom stereocenters. The number of nitrogens with one attached hydrogen (secondary N) is 1. The summed E-state index contributed by atoms with van der Waals surface area (Å²) in [5.74, 6) is 0. The van der Waals surface area contributed by atoms with E-state index < -0.39 is 0 Å². The molecule has 0 spiro atoms. The molecule has 0 saturated heterocycles. The van der Waals surface area contributed by atoms with Crippen LogP contribution in [0.15, 0.2) is 23.7 Å². The largest absolute Gasteiger partial charge is 0.315 e. The van der Waals surface area contributed by atoms with Gasteiger partial charge in [0.15, 0.2) is 0 Å². The third-order valence-electron chi connectivity index (χ3n) is 3.00. The first kappa shape index (κ1) is 12.7. The molecule has 3 aromatic rings. The maximum absolute atomic E-state index is 4.75. The van der Waals surface area contributed by atoms with Gasteiger partial charge in [0.25, 0.3) is 0 Å². The molecule has 3 nitrogen and oxygen atoms in total. The minimum atomic E-state index is 0.884. The first-order valence-electron chi connectivity index (χ1n) is 6.28. The van der Waals surface area contributed by atoms with E-state index in [-0.39, 0.29) is 0 Å². The third-order valence-corrected chi connectivity index (χ3v) is 5.00. The van der Waals surface area contributed by atoms with Crippen molar-refractivity contribution in [2.75, 3.05) is 7.05 Å². The Labute approximate surface area is 120 Å². The molecule has 0 aliphatic carbocycles. The summed E-state index contributed by atoms with van der Waals surface area (Å²) in [4.78, 5) is 10.6. The third kappa shape index (κ3) is 2.41. The van der Waals surface area contributed by atoms with Gasteiger partial charge in [0.05, 0.1) is 15.9 Å². The number of hydrogen-bond donors (Lipinski definition) is 1. The number of hydrogen-bond acceptors (Lipinski definition) is 5. The van der Waals surface area contributed by atoms with Crippen LogP contribution >= 0.6 is 22.7 Å². The Morgan fingerprint density at radius 1 is 1.37 bits per heavy atom. The van der Waals surface area contributed by atoms with E-state index in [2.05, 4.69) is 34.7 Å². The predicted octanol–water partition coefficient (Wildman–Crippen LogP) is 3.70. The molecule has 0 unspecified atom stereocenters. The van der Waals surface area contributed by atoms with Crippen LogP contribution in [0, 0.1) is 0 Å².